The summed E-state index contributed by atoms with van der Waals surface area (Å²) in [7, 11) is 0. The van der Waals surface area contributed by atoms with E-state index >= 15 is 0 Å². The smallest absolute Gasteiger partial charge is 0.417 e. The maximum Gasteiger partial charge on any atom is 0.417 e. The van der Waals surface area contributed by atoms with Gasteiger partial charge in [0.2, 0.25) is 0 Å². The molecule has 1 saturated heterocycles. The molecule has 0 radical (unpaired) electrons. The topological polar surface area (TPSA) is 46.6 Å². The molecule has 1 aliphatic heterocycles. The van der Waals surface area contributed by atoms with Crippen LogP contribution in [0.25, 0.3) is 0 Å². The zero-order chi connectivity index (χ0) is 22.0. The van der Waals surface area contributed by atoms with Crippen molar-refractivity contribution in [1.82, 2.24) is 4.90 Å². The number of esters is 1. The number of likely N-dealkylation sites (tertiary alicyclic amines) is 1. The summed E-state index contributed by atoms with van der Waals surface area (Å²) in [6.07, 6.45) is 5.34. The van der Waals surface area contributed by atoms with Crippen LogP contribution in [0.5, 0.6) is 0 Å². The minimum Gasteiger partial charge on any atom is -0.464 e. The molecule has 1 aromatic rings. The first-order valence-electron chi connectivity index (χ1n) is 11.0. The van der Waals surface area contributed by atoms with E-state index < -0.39 is 35.2 Å². The number of benzene rings is 1. The first kappa shape index (κ1) is 24.2. The highest BCUT2D eigenvalue weighted by Crippen LogP contribution is 2.33. The first-order valence-corrected chi connectivity index (χ1v) is 11.0. The summed E-state index contributed by atoms with van der Waals surface area (Å²) >= 11 is 0. The molecule has 168 valence electrons. The van der Waals surface area contributed by atoms with E-state index in [1.807, 2.05) is 0 Å². The Morgan fingerprint density at radius 2 is 1.67 bits per heavy atom. The maximum absolute atomic E-state index is 13.2. The Kier molecular flexibility index (Phi) is 9.66. The van der Waals surface area contributed by atoms with E-state index in [0.717, 1.165) is 31.4 Å². The van der Waals surface area contributed by atoms with E-state index in [0.29, 0.717) is 12.8 Å². The average molecular weight is 428 g/mol. The van der Waals surface area contributed by atoms with Crippen LogP contribution in [0.3, 0.4) is 0 Å². The van der Waals surface area contributed by atoms with E-state index in [9.17, 15) is 22.8 Å². The van der Waals surface area contributed by atoms with Gasteiger partial charge in [0.15, 0.2) is 0 Å². The molecule has 0 aromatic heterocycles. The van der Waals surface area contributed by atoms with Gasteiger partial charge < -0.3 is 9.64 Å². The van der Waals surface area contributed by atoms with Gasteiger partial charge in [0.25, 0.3) is 5.91 Å². The highest BCUT2D eigenvalue weighted by molar-refractivity contribution is 5.98. The largest absolute Gasteiger partial charge is 0.464 e. The van der Waals surface area contributed by atoms with E-state index in [4.69, 9.17) is 4.74 Å². The molecule has 4 nitrogen and oxygen atoms in total. The maximum atomic E-state index is 13.2. The Morgan fingerprint density at radius 3 is 2.33 bits per heavy atom. The number of alkyl halides is 3. The number of carbonyl (C=O) groups is 2. The molecule has 0 saturated carbocycles. The van der Waals surface area contributed by atoms with Gasteiger partial charge in [-0.25, -0.2) is 4.79 Å². The lowest BCUT2D eigenvalue weighted by molar-refractivity contribution is -0.148. The van der Waals surface area contributed by atoms with Gasteiger partial charge in [-0.1, -0.05) is 64.0 Å². The minimum absolute atomic E-state index is 0.253. The molecule has 0 aliphatic carbocycles. The lowest BCUT2D eigenvalue weighted by atomic mass is 10.1. The fraction of sp³-hybridized carbons (Fsp3) is 0.652. The van der Waals surface area contributed by atoms with Crippen molar-refractivity contribution in [1.29, 1.82) is 0 Å². The summed E-state index contributed by atoms with van der Waals surface area (Å²) in [6.45, 7) is 2.72. The van der Waals surface area contributed by atoms with Gasteiger partial charge in [-0.05, 0) is 31.4 Å². The number of nitrogens with zero attached hydrogens (tertiary/aromatic N) is 1. The van der Waals surface area contributed by atoms with Gasteiger partial charge in [-0.15, -0.1) is 0 Å². The van der Waals surface area contributed by atoms with E-state index in [1.165, 1.54) is 49.1 Å². The van der Waals surface area contributed by atoms with E-state index in [-0.39, 0.29) is 13.2 Å². The van der Waals surface area contributed by atoms with Crippen LogP contribution in [0.2, 0.25) is 0 Å². The number of carbonyl (C=O) groups excluding carboxylic acids is 2. The third-order valence-corrected chi connectivity index (χ3v) is 5.49. The second-order valence-electron chi connectivity index (χ2n) is 7.84. The van der Waals surface area contributed by atoms with Crippen molar-refractivity contribution < 1.29 is 27.5 Å². The molecule has 1 fully saturated rings. The van der Waals surface area contributed by atoms with Gasteiger partial charge >= 0.3 is 12.1 Å². The molecule has 0 N–H and O–H groups in total. The zero-order valence-corrected chi connectivity index (χ0v) is 17.7. The Balaban J connectivity index is 1.83. The third kappa shape index (κ3) is 7.03. The predicted octanol–water partition coefficient (Wildman–Crippen LogP) is 5.99. The number of halogens is 3. The van der Waals surface area contributed by atoms with Crippen LogP contribution in [-0.2, 0) is 15.7 Å². The summed E-state index contributed by atoms with van der Waals surface area (Å²) in [5, 5.41) is 0. The normalized spacial score (nSPS) is 16.7. The lowest BCUT2D eigenvalue weighted by Gasteiger charge is -2.24. The predicted molar refractivity (Wildman–Crippen MR) is 109 cm³/mol. The Labute approximate surface area is 176 Å². The standard InChI is InChI=1S/C23H32F3NO3/c1-2-3-4-5-6-7-8-11-17-30-22(29)20-15-12-16-27(20)21(28)18-13-9-10-14-19(18)23(24,25)26/h9-10,13-14,20H,2-8,11-12,15-17H2,1H3. The van der Waals surface area contributed by atoms with Crippen LogP contribution in [0.1, 0.15) is 87.1 Å². The minimum atomic E-state index is -4.63. The Hall–Kier alpha value is -2.05. The number of amides is 1. The molecule has 1 amide bonds. The summed E-state index contributed by atoms with van der Waals surface area (Å²) in [6, 6.07) is 3.88. The molecule has 30 heavy (non-hydrogen) atoms. The van der Waals surface area contributed by atoms with Crippen LogP contribution in [0.15, 0.2) is 24.3 Å². The van der Waals surface area contributed by atoms with Crippen molar-refractivity contribution in [3.8, 4) is 0 Å². The lowest BCUT2D eigenvalue weighted by Crippen LogP contribution is -2.42. The molecule has 1 aromatic carbocycles. The van der Waals surface area contributed by atoms with Crippen molar-refractivity contribution in [3.05, 3.63) is 35.4 Å². The van der Waals surface area contributed by atoms with Crippen LogP contribution >= 0.6 is 0 Å². The fourth-order valence-electron chi connectivity index (χ4n) is 3.83. The van der Waals surface area contributed by atoms with Gasteiger partial charge in [-0.3, -0.25) is 4.79 Å². The molecule has 0 spiro atoms. The highest BCUT2D eigenvalue weighted by atomic mass is 19.4. The molecule has 2 rings (SSSR count). The van der Waals surface area contributed by atoms with Crippen molar-refractivity contribution >= 4 is 11.9 Å². The fourth-order valence-corrected chi connectivity index (χ4v) is 3.83. The van der Waals surface area contributed by atoms with Gasteiger partial charge in [-0.2, -0.15) is 13.2 Å². The number of hydrogen-bond acceptors (Lipinski definition) is 3. The van der Waals surface area contributed by atoms with Crippen LogP contribution in [-0.4, -0.2) is 36.0 Å². The molecule has 7 heteroatoms. The van der Waals surface area contributed by atoms with Crippen LogP contribution in [0, 0.1) is 0 Å². The molecule has 1 atom stereocenters. The second-order valence-corrected chi connectivity index (χ2v) is 7.84. The molecule has 0 bridgehead atoms. The van der Waals surface area contributed by atoms with Crippen LogP contribution < -0.4 is 0 Å². The summed E-state index contributed by atoms with van der Waals surface area (Å²) in [5.74, 6) is -1.29. The number of ether oxygens (including phenoxy) is 1. The number of hydrogen-bond donors (Lipinski definition) is 0. The van der Waals surface area contributed by atoms with Crippen LogP contribution in [0.4, 0.5) is 13.2 Å². The van der Waals surface area contributed by atoms with Gasteiger partial charge in [0, 0.05) is 6.54 Å². The quantitative estimate of drug-likeness (QED) is 0.322. The van der Waals surface area contributed by atoms with Crippen molar-refractivity contribution in [3.63, 3.8) is 0 Å². The first-order chi connectivity index (χ1) is 14.4. The zero-order valence-electron chi connectivity index (χ0n) is 17.7. The van der Waals surface area contributed by atoms with Crippen molar-refractivity contribution in [2.24, 2.45) is 0 Å². The summed E-state index contributed by atoms with van der Waals surface area (Å²) < 4.78 is 45.1. The summed E-state index contributed by atoms with van der Waals surface area (Å²) in [4.78, 5) is 26.4. The van der Waals surface area contributed by atoms with Crippen molar-refractivity contribution in [2.75, 3.05) is 13.2 Å². The second kappa shape index (κ2) is 12.0. The van der Waals surface area contributed by atoms with Gasteiger partial charge in [0.05, 0.1) is 17.7 Å². The Morgan fingerprint density at radius 1 is 1.03 bits per heavy atom. The average Bonchev–Trinajstić information content (AvgIpc) is 3.21. The SMILES string of the molecule is CCCCCCCCCCOC(=O)C1CCCN1C(=O)c1ccccc1C(F)(F)F. The molecule has 1 aliphatic rings. The molecule has 1 heterocycles. The number of unbranched alkanes of at least 4 members (excludes halogenated alkanes) is 7. The highest BCUT2D eigenvalue weighted by Gasteiger charge is 2.40. The number of rotatable bonds is 11. The summed E-state index contributed by atoms with van der Waals surface area (Å²) in [5.41, 5.74) is -1.40. The molecular weight excluding hydrogens is 395 g/mol. The Bertz CT molecular complexity index is 691. The molecule has 1 unspecified atom stereocenters. The van der Waals surface area contributed by atoms with Crippen molar-refractivity contribution in [2.45, 2.75) is 83.4 Å². The van der Waals surface area contributed by atoms with Gasteiger partial charge in [0.1, 0.15) is 6.04 Å². The van der Waals surface area contributed by atoms with E-state index in [1.54, 1.807) is 0 Å². The molecular formula is C23H32F3NO3. The monoisotopic (exact) mass is 427 g/mol. The third-order valence-electron chi connectivity index (χ3n) is 5.49. The van der Waals surface area contributed by atoms with E-state index in [2.05, 4.69) is 6.92 Å².